The van der Waals surface area contributed by atoms with Crippen molar-refractivity contribution in [1.29, 1.82) is 0 Å². The minimum Gasteiger partial charge on any atom is -0.446 e. The molecule has 9 nitrogen and oxygen atoms in total. The van der Waals surface area contributed by atoms with Crippen LogP contribution in [0.1, 0.15) is 70.7 Å². The van der Waals surface area contributed by atoms with E-state index in [9.17, 15) is 44.3 Å². The van der Waals surface area contributed by atoms with Crippen molar-refractivity contribution in [3.8, 4) is 0 Å². The second kappa shape index (κ2) is 14.5. The molecule has 1 aromatic heterocycles. The van der Waals surface area contributed by atoms with Crippen LogP contribution in [0.3, 0.4) is 0 Å². The molecule has 0 aliphatic carbocycles. The Bertz CT molecular complexity index is 1920. The first-order chi connectivity index (χ1) is 24.9. The van der Waals surface area contributed by atoms with Crippen LogP contribution in [0.4, 0.5) is 61.6 Å². The van der Waals surface area contributed by atoms with E-state index < -0.39 is 59.9 Å². The summed E-state index contributed by atoms with van der Waals surface area (Å²) >= 11 is 0. The van der Waals surface area contributed by atoms with Crippen molar-refractivity contribution in [2.75, 3.05) is 29.6 Å². The third kappa shape index (κ3) is 8.36. The summed E-state index contributed by atoms with van der Waals surface area (Å²) in [6.07, 6.45) is -15.4. The number of rotatable bonds is 6. The number of benzene rings is 3. The molecule has 0 saturated carbocycles. The molecule has 0 bridgehead atoms. The van der Waals surface area contributed by atoms with Gasteiger partial charge in [0.2, 0.25) is 0 Å². The van der Waals surface area contributed by atoms with Crippen LogP contribution in [0.2, 0.25) is 0 Å². The summed E-state index contributed by atoms with van der Waals surface area (Å²) in [5.74, 6) is -0.0493. The summed E-state index contributed by atoms with van der Waals surface area (Å²) in [6.45, 7) is 1.96. The average Bonchev–Trinajstić information content (AvgIpc) is 3.42. The molecule has 3 heterocycles. The smallest absolute Gasteiger partial charge is 0.416 e. The molecule has 0 spiro atoms. The van der Waals surface area contributed by atoms with Crippen molar-refractivity contribution < 1.29 is 53.8 Å². The summed E-state index contributed by atoms with van der Waals surface area (Å²) in [5, 5.41) is 12.4. The largest absolute Gasteiger partial charge is 0.446 e. The Morgan fingerprint density at radius 1 is 0.906 bits per heavy atom. The number of para-hydroxylation sites is 1. The SMILES string of the molecule is Cc1cc2c(cc1C(F)(F)F)N(C(=O)OC1CCOCC1)CCC[C@@H]2N(c1nnn(C)n1)c1ccccc1Cc1cc(C(F)(F)F)cc(C(F)(F)F)c1. The zero-order valence-corrected chi connectivity index (χ0v) is 28.3. The number of tetrazole rings is 1. The van der Waals surface area contributed by atoms with Crippen LogP contribution >= 0.6 is 0 Å². The molecular formula is C35H33F9N6O3. The van der Waals surface area contributed by atoms with Gasteiger partial charge in [-0.15, -0.1) is 5.10 Å². The van der Waals surface area contributed by atoms with Gasteiger partial charge in [-0.05, 0) is 84.0 Å². The van der Waals surface area contributed by atoms with E-state index in [2.05, 4.69) is 15.4 Å². The van der Waals surface area contributed by atoms with Crippen LogP contribution in [0.25, 0.3) is 0 Å². The summed E-state index contributed by atoms with van der Waals surface area (Å²) in [4.78, 5) is 17.5. The molecule has 0 N–H and O–H groups in total. The maximum atomic E-state index is 14.3. The van der Waals surface area contributed by atoms with Gasteiger partial charge >= 0.3 is 24.6 Å². The topological polar surface area (TPSA) is 85.6 Å². The maximum absolute atomic E-state index is 14.3. The molecule has 1 amide bonds. The van der Waals surface area contributed by atoms with Crippen molar-refractivity contribution in [3.05, 3.63) is 93.5 Å². The maximum Gasteiger partial charge on any atom is 0.416 e. The number of carbonyl (C=O) groups excluding carboxylic acids is 1. The normalized spacial score (nSPS) is 17.3. The fourth-order valence-corrected chi connectivity index (χ4v) is 6.72. The molecule has 1 fully saturated rings. The van der Waals surface area contributed by atoms with Crippen LogP contribution in [0.15, 0.2) is 54.6 Å². The van der Waals surface area contributed by atoms with Crippen molar-refractivity contribution in [1.82, 2.24) is 20.2 Å². The number of aryl methyl sites for hydroxylation is 2. The average molecular weight is 757 g/mol. The van der Waals surface area contributed by atoms with Gasteiger partial charge in [-0.1, -0.05) is 29.4 Å². The number of hydrogen-bond donors (Lipinski definition) is 0. The first kappa shape index (κ1) is 37.9. The summed E-state index contributed by atoms with van der Waals surface area (Å²) in [6, 6.07) is 8.84. The highest BCUT2D eigenvalue weighted by Gasteiger charge is 2.40. The number of hydrogen-bond acceptors (Lipinski definition) is 7. The summed E-state index contributed by atoms with van der Waals surface area (Å²) < 4.78 is 137. The van der Waals surface area contributed by atoms with Crippen molar-refractivity contribution in [3.63, 3.8) is 0 Å². The quantitative estimate of drug-likeness (QED) is 0.182. The zero-order chi connectivity index (χ0) is 38.3. The van der Waals surface area contributed by atoms with Crippen molar-refractivity contribution in [2.45, 2.75) is 69.7 Å². The van der Waals surface area contributed by atoms with E-state index in [1.807, 2.05) is 0 Å². The number of aromatic nitrogens is 4. The van der Waals surface area contributed by atoms with Crippen LogP contribution in [0.5, 0.6) is 0 Å². The van der Waals surface area contributed by atoms with Crippen LogP contribution < -0.4 is 9.80 Å². The summed E-state index contributed by atoms with van der Waals surface area (Å²) in [7, 11) is 1.47. The molecule has 0 radical (unpaired) electrons. The Balaban J connectivity index is 1.50. The predicted octanol–water partition coefficient (Wildman–Crippen LogP) is 8.96. The van der Waals surface area contributed by atoms with Gasteiger partial charge in [0, 0.05) is 25.1 Å². The first-order valence-electron chi connectivity index (χ1n) is 16.6. The molecule has 0 unspecified atom stereocenters. The van der Waals surface area contributed by atoms with E-state index in [0.717, 1.165) is 15.8 Å². The first-order valence-corrected chi connectivity index (χ1v) is 16.6. The second-order valence-electron chi connectivity index (χ2n) is 12.9. The van der Waals surface area contributed by atoms with Gasteiger partial charge in [-0.2, -0.15) is 44.3 Å². The molecular weight excluding hydrogens is 723 g/mol. The van der Waals surface area contributed by atoms with Gasteiger partial charge in [0.15, 0.2) is 0 Å². The van der Waals surface area contributed by atoms with Gasteiger partial charge in [0.05, 0.1) is 48.7 Å². The van der Waals surface area contributed by atoms with Crippen molar-refractivity contribution in [2.24, 2.45) is 7.05 Å². The highest BCUT2D eigenvalue weighted by molar-refractivity contribution is 5.90. The Kier molecular flexibility index (Phi) is 10.4. The molecule has 4 aromatic rings. The Hall–Kier alpha value is -4.87. The van der Waals surface area contributed by atoms with Crippen LogP contribution in [0, 0.1) is 6.92 Å². The number of halogens is 9. The van der Waals surface area contributed by atoms with Gasteiger partial charge < -0.3 is 14.4 Å². The van der Waals surface area contributed by atoms with E-state index in [1.54, 1.807) is 23.1 Å². The third-order valence-corrected chi connectivity index (χ3v) is 9.16. The van der Waals surface area contributed by atoms with E-state index in [1.165, 1.54) is 26.1 Å². The highest BCUT2D eigenvalue weighted by atomic mass is 19.4. The van der Waals surface area contributed by atoms with Crippen LogP contribution in [-0.2, 0) is 41.5 Å². The van der Waals surface area contributed by atoms with Gasteiger partial charge in [0.25, 0.3) is 5.95 Å². The molecule has 18 heteroatoms. The predicted molar refractivity (Wildman–Crippen MR) is 172 cm³/mol. The monoisotopic (exact) mass is 756 g/mol. The Morgan fingerprint density at radius 2 is 1.57 bits per heavy atom. The molecule has 6 rings (SSSR count). The summed E-state index contributed by atoms with van der Waals surface area (Å²) in [5.41, 5.74) is -3.68. The fourth-order valence-electron chi connectivity index (χ4n) is 6.72. The lowest BCUT2D eigenvalue weighted by atomic mass is 9.93. The van der Waals surface area contributed by atoms with E-state index >= 15 is 0 Å². The fraction of sp³-hybridized carbons (Fsp3) is 0.429. The lowest BCUT2D eigenvalue weighted by Crippen LogP contribution is -2.37. The molecule has 53 heavy (non-hydrogen) atoms. The number of fused-ring (bicyclic) bond motifs is 1. The van der Waals surface area contributed by atoms with E-state index in [0.29, 0.717) is 38.2 Å². The number of amides is 1. The second-order valence-corrected chi connectivity index (χ2v) is 12.9. The number of anilines is 3. The molecule has 2 aliphatic rings. The lowest BCUT2D eigenvalue weighted by molar-refractivity contribution is -0.143. The Morgan fingerprint density at radius 3 is 2.17 bits per heavy atom. The molecule has 1 atom stereocenters. The standard InChI is InChI=1S/C35H33F9N6O3/c1-20-14-26-29(8-5-11-49(30(26)19-27(20)35(42,43)44)32(51)53-25-9-12-52-13-10-25)50(31-45-47-48(2)46-31)28-7-4-3-6-22(28)15-21-16-23(33(36,37)38)18-24(17-21)34(39,40)41/h3-4,6-7,14,16-19,25,29H,5,8-13,15H2,1-2H3/t29-/m0/s1. The molecule has 1 saturated heterocycles. The highest BCUT2D eigenvalue weighted by Crippen LogP contribution is 2.47. The van der Waals surface area contributed by atoms with Gasteiger partial charge in [-0.3, -0.25) is 4.90 Å². The molecule has 284 valence electrons. The van der Waals surface area contributed by atoms with Gasteiger partial charge in [0.1, 0.15) is 6.10 Å². The number of nitrogens with zero attached hydrogens (tertiary/aromatic N) is 6. The minimum atomic E-state index is -5.07. The van der Waals surface area contributed by atoms with Crippen LogP contribution in [-0.4, -0.2) is 52.2 Å². The van der Waals surface area contributed by atoms with E-state index in [4.69, 9.17) is 9.47 Å². The molecule has 3 aromatic carbocycles. The lowest BCUT2D eigenvalue weighted by Gasteiger charge is -2.34. The number of carbonyl (C=O) groups is 1. The molecule has 2 aliphatic heterocycles. The Labute approximate surface area is 297 Å². The van der Waals surface area contributed by atoms with Gasteiger partial charge in [-0.25, -0.2) is 4.79 Å². The third-order valence-electron chi connectivity index (χ3n) is 9.16. The minimum absolute atomic E-state index is 0.0280. The number of ether oxygens (including phenoxy) is 2. The van der Waals surface area contributed by atoms with E-state index in [-0.39, 0.29) is 65.0 Å². The van der Waals surface area contributed by atoms with Crippen molar-refractivity contribution >= 4 is 23.4 Å². The number of alkyl halides is 9. The zero-order valence-electron chi connectivity index (χ0n) is 28.3.